The zero-order valence-corrected chi connectivity index (χ0v) is 13.3. The topological polar surface area (TPSA) is 84.2 Å². The summed E-state index contributed by atoms with van der Waals surface area (Å²) in [4.78, 5) is 0.319. The van der Waals surface area contributed by atoms with Gasteiger partial charge in [-0.15, -0.1) is 0 Å². The number of anilines is 1. The van der Waals surface area contributed by atoms with Crippen LogP contribution < -0.4 is 15.8 Å². The van der Waals surface area contributed by atoms with Gasteiger partial charge in [-0.05, 0) is 43.7 Å². The summed E-state index contributed by atoms with van der Waals surface area (Å²) < 4.78 is 26.9. The van der Waals surface area contributed by atoms with Crippen molar-refractivity contribution in [3.63, 3.8) is 0 Å². The number of rotatable bonds is 6. The standard InChI is InChI=1S/C15H25N3O2S/c1-2-18-21(19,20)15-6-4-3-5-14(15)17-11-12-7-9-13(16)10-8-12/h3-6,12-13,17-18H,2,7-11,16H2,1H3. The molecule has 0 atom stereocenters. The Labute approximate surface area is 127 Å². The molecule has 0 heterocycles. The molecule has 1 fully saturated rings. The van der Waals surface area contributed by atoms with E-state index in [-0.39, 0.29) is 0 Å². The van der Waals surface area contributed by atoms with Gasteiger partial charge in [-0.1, -0.05) is 19.1 Å². The summed E-state index contributed by atoms with van der Waals surface area (Å²) >= 11 is 0. The highest BCUT2D eigenvalue weighted by molar-refractivity contribution is 7.89. The lowest BCUT2D eigenvalue weighted by atomic mass is 9.86. The quantitative estimate of drug-likeness (QED) is 0.749. The zero-order chi connectivity index (χ0) is 15.3. The molecule has 0 amide bonds. The summed E-state index contributed by atoms with van der Waals surface area (Å²) in [5.41, 5.74) is 6.59. The Morgan fingerprint density at radius 2 is 1.86 bits per heavy atom. The maximum atomic E-state index is 12.2. The predicted molar refractivity (Wildman–Crippen MR) is 85.7 cm³/mol. The Hall–Kier alpha value is -1.11. The van der Waals surface area contributed by atoms with Crippen LogP contribution >= 0.6 is 0 Å². The number of sulfonamides is 1. The predicted octanol–water partition coefficient (Wildman–Crippen LogP) is 1.91. The highest BCUT2D eigenvalue weighted by Gasteiger charge is 2.20. The summed E-state index contributed by atoms with van der Waals surface area (Å²) in [5.74, 6) is 0.569. The molecule has 1 aromatic carbocycles. The molecule has 0 radical (unpaired) electrons. The monoisotopic (exact) mass is 311 g/mol. The first kappa shape index (κ1) is 16.3. The third-order valence-electron chi connectivity index (χ3n) is 3.98. The second-order valence-electron chi connectivity index (χ2n) is 5.66. The van der Waals surface area contributed by atoms with E-state index in [1.54, 1.807) is 19.1 Å². The number of benzene rings is 1. The first-order valence-electron chi connectivity index (χ1n) is 7.61. The molecule has 0 saturated heterocycles. The molecule has 118 valence electrons. The second-order valence-corrected chi connectivity index (χ2v) is 7.39. The van der Waals surface area contributed by atoms with Crippen molar-refractivity contribution in [2.24, 2.45) is 11.7 Å². The fraction of sp³-hybridized carbons (Fsp3) is 0.600. The SMILES string of the molecule is CCNS(=O)(=O)c1ccccc1NCC1CCC(N)CC1. The Balaban J connectivity index is 2.04. The van der Waals surface area contributed by atoms with Crippen molar-refractivity contribution in [1.29, 1.82) is 0 Å². The average molecular weight is 311 g/mol. The zero-order valence-electron chi connectivity index (χ0n) is 12.5. The summed E-state index contributed by atoms with van der Waals surface area (Å²) in [6.07, 6.45) is 4.33. The van der Waals surface area contributed by atoms with Crippen LogP contribution in [0, 0.1) is 5.92 Å². The molecular formula is C15H25N3O2S. The van der Waals surface area contributed by atoms with Crippen molar-refractivity contribution in [1.82, 2.24) is 4.72 Å². The minimum atomic E-state index is -3.44. The summed E-state index contributed by atoms with van der Waals surface area (Å²) in [6, 6.07) is 7.39. The van der Waals surface area contributed by atoms with Gasteiger partial charge in [0.25, 0.3) is 0 Å². The van der Waals surface area contributed by atoms with Gasteiger partial charge in [0.1, 0.15) is 4.90 Å². The first-order chi connectivity index (χ1) is 10.0. The van der Waals surface area contributed by atoms with Crippen LogP contribution in [0.5, 0.6) is 0 Å². The fourth-order valence-corrected chi connectivity index (χ4v) is 3.98. The molecule has 5 nitrogen and oxygen atoms in total. The Morgan fingerprint density at radius 1 is 1.19 bits per heavy atom. The van der Waals surface area contributed by atoms with Crippen LogP contribution in [0.15, 0.2) is 29.2 Å². The van der Waals surface area contributed by atoms with Gasteiger partial charge in [0.15, 0.2) is 0 Å². The van der Waals surface area contributed by atoms with Crippen LogP contribution in [0.25, 0.3) is 0 Å². The van der Waals surface area contributed by atoms with Crippen LogP contribution in [0.3, 0.4) is 0 Å². The van der Waals surface area contributed by atoms with Crippen LogP contribution in [-0.4, -0.2) is 27.5 Å². The van der Waals surface area contributed by atoms with Crippen LogP contribution in [0.1, 0.15) is 32.6 Å². The van der Waals surface area contributed by atoms with Gasteiger partial charge >= 0.3 is 0 Å². The Kier molecular flexibility index (Phi) is 5.61. The minimum Gasteiger partial charge on any atom is -0.384 e. The van der Waals surface area contributed by atoms with E-state index >= 15 is 0 Å². The molecule has 0 bridgehead atoms. The van der Waals surface area contributed by atoms with Gasteiger partial charge in [0.05, 0.1) is 5.69 Å². The van der Waals surface area contributed by atoms with Crippen molar-refractivity contribution in [2.45, 2.75) is 43.5 Å². The smallest absolute Gasteiger partial charge is 0.242 e. The van der Waals surface area contributed by atoms with E-state index in [1.165, 1.54) is 0 Å². The molecule has 2 rings (SSSR count). The number of nitrogens with two attached hydrogens (primary N) is 1. The molecule has 21 heavy (non-hydrogen) atoms. The van der Waals surface area contributed by atoms with E-state index in [4.69, 9.17) is 5.73 Å². The molecule has 0 unspecified atom stereocenters. The van der Waals surface area contributed by atoms with Crippen LogP contribution in [0.2, 0.25) is 0 Å². The van der Waals surface area contributed by atoms with E-state index in [2.05, 4.69) is 10.0 Å². The van der Waals surface area contributed by atoms with E-state index in [9.17, 15) is 8.42 Å². The number of para-hydroxylation sites is 1. The van der Waals surface area contributed by atoms with Crippen molar-refractivity contribution >= 4 is 15.7 Å². The highest BCUT2D eigenvalue weighted by Crippen LogP contribution is 2.25. The Bertz CT molecular complexity index is 552. The van der Waals surface area contributed by atoms with E-state index in [0.29, 0.717) is 29.1 Å². The minimum absolute atomic E-state index is 0.319. The summed E-state index contributed by atoms with van der Waals surface area (Å²) in [6.45, 7) is 2.96. The van der Waals surface area contributed by atoms with Crippen molar-refractivity contribution in [3.8, 4) is 0 Å². The largest absolute Gasteiger partial charge is 0.384 e. The molecule has 0 aliphatic heterocycles. The van der Waals surface area contributed by atoms with E-state index in [1.807, 2.05) is 12.1 Å². The third kappa shape index (κ3) is 4.43. The lowest BCUT2D eigenvalue weighted by Gasteiger charge is -2.26. The van der Waals surface area contributed by atoms with Crippen molar-refractivity contribution in [3.05, 3.63) is 24.3 Å². The van der Waals surface area contributed by atoms with Gasteiger partial charge in [-0.2, -0.15) is 0 Å². The highest BCUT2D eigenvalue weighted by atomic mass is 32.2. The normalized spacial score (nSPS) is 23.0. The lowest BCUT2D eigenvalue weighted by Crippen LogP contribution is -2.29. The van der Waals surface area contributed by atoms with Crippen molar-refractivity contribution < 1.29 is 8.42 Å². The maximum Gasteiger partial charge on any atom is 0.242 e. The van der Waals surface area contributed by atoms with E-state index in [0.717, 1.165) is 32.2 Å². The lowest BCUT2D eigenvalue weighted by molar-refractivity contribution is 0.338. The number of hydrogen-bond acceptors (Lipinski definition) is 4. The maximum absolute atomic E-state index is 12.2. The molecule has 1 saturated carbocycles. The second kappa shape index (κ2) is 7.24. The van der Waals surface area contributed by atoms with Gasteiger partial charge < -0.3 is 11.1 Å². The summed E-state index contributed by atoms with van der Waals surface area (Å²) in [7, 11) is -3.44. The Morgan fingerprint density at radius 3 is 2.52 bits per heavy atom. The average Bonchev–Trinajstić information content (AvgIpc) is 2.47. The number of nitrogens with one attached hydrogen (secondary N) is 2. The van der Waals surface area contributed by atoms with Crippen molar-refractivity contribution in [2.75, 3.05) is 18.4 Å². The molecule has 4 N–H and O–H groups in total. The first-order valence-corrected chi connectivity index (χ1v) is 9.09. The molecule has 1 aromatic rings. The molecule has 6 heteroatoms. The molecular weight excluding hydrogens is 286 g/mol. The molecule has 0 spiro atoms. The molecule has 1 aliphatic carbocycles. The third-order valence-corrected chi connectivity index (χ3v) is 5.59. The van der Waals surface area contributed by atoms with Crippen LogP contribution in [0.4, 0.5) is 5.69 Å². The fourth-order valence-electron chi connectivity index (χ4n) is 2.76. The van der Waals surface area contributed by atoms with Crippen LogP contribution in [-0.2, 0) is 10.0 Å². The van der Waals surface area contributed by atoms with Gasteiger partial charge in [-0.3, -0.25) is 0 Å². The van der Waals surface area contributed by atoms with Gasteiger partial charge in [0.2, 0.25) is 10.0 Å². The van der Waals surface area contributed by atoms with Gasteiger partial charge in [-0.25, -0.2) is 13.1 Å². The molecule has 0 aromatic heterocycles. The molecule has 1 aliphatic rings. The number of hydrogen-bond donors (Lipinski definition) is 3. The summed E-state index contributed by atoms with van der Waals surface area (Å²) in [5, 5.41) is 3.30. The van der Waals surface area contributed by atoms with E-state index < -0.39 is 10.0 Å². The van der Waals surface area contributed by atoms with Gasteiger partial charge in [0, 0.05) is 19.1 Å².